The normalized spacial score (nSPS) is 38.5. The zero-order valence-electron chi connectivity index (χ0n) is 7.60. The zero-order chi connectivity index (χ0) is 8.32. The summed E-state index contributed by atoms with van der Waals surface area (Å²) in [6.45, 7) is 4.33. The predicted octanol–water partition coefficient (Wildman–Crippen LogP) is 2.79. The lowest BCUT2D eigenvalue weighted by atomic mass is 9.72. The van der Waals surface area contributed by atoms with E-state index in [0.717, 1.165) is 25.0 Å². The fourth-order valence-corrected chi connectivity index (χ4v) is 1.86. The molecule has 0 N–H and O–H groups in total. The first-order valence-electron chi connectivity index (χ1n) is 4.66. The van der Waals surface area contributed by atoms with Gasteiger partial charge in [-0.3, -0.25) is 0 Å². The van der Waals surface area contributed by atoms with Crippen LogP contribution in [-0.2, 0) is 4.79 Å². The van der Waals surface area contributed by atoms with E-state index in [0.29, 0.717) is 0 Å². The maximum atomic E-state index is 10.7. The minimum absolute atomic E-state index is 0.0195. The standard InChI is InChI=1S/C10H18O/c1-3-9-4-6-10(2,8-11)7-5-9/h8-9H,3-7H2,1-2H3. The van der Waals surface area contributed by atoms with Gasteiger partial charge in [0.1, 0.15) is 6.29 Å². The SMILES string of the molecule is CCC1CCC(C)(C=O)CC1. The van der Waals surface area contributed by atoms with E-state index in [1.807, 2.05) is 0 Å². The van der Waals surface area contributed by atoms with Crippen molar-refractivity contribution in [3.63, 3.8) is 0 Å². The van der Waals surface area contributed by atoms with E-state index >= 15 is 0 Å². The van der Waals surface area contributed by atoms with Crippen LogP contribution in [0.1, 0.15) is 46.0 Å². The van der Waals surface area contributed by atoms with Crippen molar-refractivity contribution in [2.45, 2.75) is 46.0 Å². The third-order valence-corrected chi connectivity index (χ3v) is 3.11. The Balaban J connectivity index is 2.41. The smallest absolute Gasteiger partial charge is 0.125 e. The first-order chi connectivity index (χ1) is 5.20. The van der Waals surface area contributed by atoms with Gasteiger partial charge in [-0.05, 0) is 31.6 Å². The van der Waals surface area contributed by atoms with Crippen LogP contribution in [0.15, 0.2) is 0 Å². The molecule has 1 nitrogen and oxygen atoms in total. The van der Waals surface area contributed by atoms with Crippen molar-refractivity contribution in [1.82, 2.24) is 0 Å². The maximum absolute atomic E-state index is 10.7. The molecule has 0 bridgehead atoms. The van der Waals surface area contributed by atoms with Crippen LogP contribution in [0.5, 0.6) is 0 Å². The second-order valence-electron chi connectivity index (χ2n) is 4.12. The molecule has 0 spiro atoms. The molecule has 1 aliphatic rings. The van der Waals surface area contributed by atoms with Gasteiger partial charge in [0.05, 0.1) is 0 Å². The molecule has 0 aliphatic heterocycles. The van der Waals surface area contributed by atoms with Crippen LogP contribution in [-0.4, -0.2) is 6.29 Å². The van der Waals surface area contributed by atoms with Crippen LogP contribution in [0, 0.1) is 11.3 Å². The third kappa shape index (κ3) is 2.05. The lowest BCUT2D eigenvalue weighted by Gasteiger charge is -2.32. The summed E-state index contributed by atoms with van der Waals surface area (Å²) in [5.74, 6) is 0.892. The molecule has 0 aromatic rings. The van der Waals surface area contributed by atoms with Gasteiger partial charge in [0.2, 0.25) is 0 Å². The number of hydrogen-bond donors (Lipinski definition) is 0. The lowest BCUT2D eigenvalue weighted by Crippen LogP contribution is -2.25. The average Bonchev–Trinajstić information content (AvgIpc) is 2.06. The second kappa shape index (κ2) is 3.38. The Bertz CT molecular complexity index is 132. The Morgan fingerprint density at radius 3 is 2.36 bits per heavy atom. The Kier molecular flexibility index (Phi) is 2.69. The van der Waals surface area contributed by atoms with Gasteiger partial charge in [0.15, 0.2) is 0 Å². The molecule has 1 saturated carbocycles. The van der Waals surface area contributed by atoms with Crippen molar-refractivity contribution in [3.05, 3.63) is 0 Å². The van der Waals surface area contributed by atoms with E-state index in [1.165, 1.54) is 19.3 Å². The van der Waals surface area contributed by atoms with E-state index in [-0.39, 0.29) is 5.41 Å². The summed E-state index contributed by atoms with van der Waals surface area (Å²) in [6.07, 6.45) is 7.16. The number of carbonyl (C=O) groups excluding carboxylic acids is 1. The van der Waals surface area contributed by atoms with Crippen LogP contribution >= 0.6 is 0 Å². The monoisotopic (exact) mass is 154 g/mol. The molecule has 1 heteroatoms. The van der Waals surface area contributed by atoms with Gasteiger partial charge in [-0.25, -0.2) is 0 Å². The average molecular weight is 154 g/mol. The van der Waals surface area contributed by atoms with Crippen LogP contribution < -0.4 is 0 Å². The molecule has 64 valence electrons. The van der Waals surface area contributed by atoms with Gasteiger partial charge in [-0.15, -0.1) is 0 Å². The molecule has 1 fully saturated rings. The fraction of sp³-hybridized carbons (Fsp3) is 0.900. The Morgan fingerprint density at radius 1 is 1.45 bits per heavy atom. The van der Waals surface area contributed by atoms with Gasteiger partial charge in [-0.2, -0.15) is 0 Å². The molecule has 0 atom stereocenters. The number of hydrogen-bond acceptors (Lipinski definition) is 1. The minimum Gasteiger partial charge on any atom is -0.303 e. The van der Waals surface area contributed by atoms with E-state index in [1.54, 1.807) is 0 Å². The maximum Gasteiger partial charge on any atom is 0.125 e. The number of aldehydes is 1. The van der Waals surface area contributed by atoms with Crippen LogP contribution in [0.25, 0.3) is 0 Å². The van der Waals surface area contributed by atoms with Gasteiger partial charge in [-0.1, -0.05) is 20.3 Å². The van der Waals surface area contributed by atoms with Crippen molar-refractivity contribution in [1.29, 1.82) is 0 Å². The summed E-state index contributed by atoms with van der Waals surface area (Å²) in [4.78, 5) is 10.7. The van der Waals surface area contributed by atoms with E-state index < -0.39 is 0 Å². The summed E-state index contributed by atoms with van der Waals surface area (Å²) in [7, 11) is 0. The minimum atomic E-state index is 0.0195. The first-order valence-corrected chi connectivity index (χ1v) is 4.66. The lowest BCUT2D eigenvalue weighted by molar-refractivity contribution is -0.117. The molecule has 0 saturated heterocycles. The fourth-order valence-electron chi connectivity index (χ4n) is 1.86. The molecule has 0 aromatic carbocycles. The van der Waals surface area contributed by atoms with Gasteiger partial charge < -0.3 is 4.79 Å². The second-order valence-corrected chi connectivity index (χ2v) is 4.12. The van der Waals surface area contributed by atoms with Gasteiger partial charge in [0, 0.05) is 5.41 Å². The molecular weight excluding hydrogens is 136 g/mol. The summed E-state index contributed by atoms with van der Waals surface area (Å²) in [5, 5.41) is 0. The summed E-state index contributed by atoms with van der Waals surface area (Å²) >= 11 is 0. The van der Waals surface area contributed by atoms with E-state index in [4.69, 9.17) is 0 Å². The first kappa shape index (κ1) is 8.76. The molecular formula is C10H18O. The van der Waals surface area contributed by atoms with Crippen molar-refractivity contribution in [3.8, 4) is 0 Å². The van der Waals surface area contributed by atoms with Gasteiger partial charge >= 0.3 is 0 Å². The molecule has 0 aromatic heterocycles. The molecule has 1 aliphatic carbocycles. The summed E-state index contributed by atoms with van der Waals surface area (Å²) in [5.41, 5.74) is 0.0195. The highest BCUT2D eigenvalue weighted by atomic mass is 16.1. The highest BCUT2D eigenvalue weighted by Gasteiger charge is 2.29. The van der Waals surface area contributed by atoms with Crippen molar-refractivity contribution in [2.75, 3.05) is 0 Å². The largest absolute Gasteiger partial charge is 0.303 e. The van der Waals surface area contributed by atoms with Crippen LogP contribution in [0.2, 0.25) is 0 Å². The Hall–Kier alpha value is -0.330. The third-order valence-electron chi connectivity index (χ3n) is 3.11. The van der Waals surface area contributed by atoms with E-state index in [9.17, 15) is 4.79 Å². The van der Waals surface area contributed by atoms with Crippen molar-refractivity contribution < 1.29 is 4.79 Å². The topological polar surface area (TPSA) is 17.1 Å². The highest BCUT2D eigenvalue weighted by Crippen LogP contribution is 2.37. The highest BCUT2D eigenvalue weighted by molar-refractivity contribution is 5.58. The summed E-state index contributed by atoms with van der Waals surface area (Å²) < 4.78 is 0. The molecule has 0 heterocycles. The van der Waals surface area contributed by atoms with Gasteiger partial charge in [0.25, 0.3) is 0 Å². The molecule has 1 rings (SSSR count). The summed E-state index contributed by atoms with van der Waals surface area (Å²) in [6, 6.07) is 0. The molecule has 0 unspecified atom stereocenters. The Morgan fingerprint density at radius 2 is 2.00 bits per heavy atom. The van der Waals surface area contributed by atoms with Crippen molar-refractivity contribution in [2.24, 2.45) is 11.3 Å². The molecule has 0 radical (unpaired) electrons. The molecule has 11 heavy (non-hydrogen) atoms. The molecule has 0 amide bonds. The Labute approximate surface area is 69.2 Å². The zero-order valence-corrected chi connectivity index (χ0v) is 7.60. The van der Waals surface area contributed by atoms with Crippen LogP contribution in [0.4, 0.5) is 0 Å². The number of carbonyl (C=O) groups is 1. The van der Waals surface area contributed by atoms with Crippen LogP contribution in [0.3, 0.4) is 0 Å². The predicted molar refractivity (Wildman–Crippen MR) is 46.4 cm³/mol. The quantitative estimate of drug-likeness (QED) is 0.559. The van der Waals surface area contributed by atoms with Crippen molar-refractivity contribution >= 4 is 6.29 Å². The number of rotatable bonds is 2. The van der Waals surface area contributed by atoms with E-state index in [2.05, 4.69) is 13.8 Å².